The van der Waals surface area contributed by atoms with Crippen molar-refractivity contribution in [3.05, 3.63) is 22.7 Å². The van der Waals surface area contributed by atoms with Gasteiger partial charge in [0.05, 0.1) is 6.10 Å². The summed E-state index contributed by atoms with van der Waals surface area (Å²) in [5, 5.41) is 0.519. The van der Waals surface area contributed by atoms with Gasteiger partial charge >= 0.3 is 0 Å². The van der Waals surface area contributed by atoms with Gasteiger partial charge in [0.25, 0.3) is 0 Å². The normalized spacial score (nSPS) is 21.4. The molecule has 2 rings (SSSR count). The van der Waals surface area contributed by atoms with Crippen LogP contribution in [-0.4, -0.2) is 22.7 Å². The Bertz CT molecular complexity index is 304. The fourth-order valence-corrected chi connectivity index (χ4v) is 1.94. The highest BCUT2D eigenvalue weighted by Crippen LogP contribution is 2.16. The molecule has 1 saturated heterocycles. The second-order valence-electron chi connectivity index (χ2n) is 3.59. The Morgan fingerprint density at radius 1 is 1.57 bits per heavy atom. The standard InChI is InChI=1S/C10H13ClN2O/c1-7-5-9(11)13-10(12-7)6-8-3-2-4-14-8/h5,8H,2-4,6H2,1H3. The first kappa shape index (κ1) is 9.87. The summed E-state index contributed by atoms with van der Waals surface area (Å²) in [6, 6.07) is 1.76. The summed E-state index contributed by atoms with van der Waals surface area (Å²) in [6.45, 7) is 2.79. The zero-order chi connectivity index (χ0) is 9.97. The molecule has 0 aliphatic carbocycles. The Morgan fingerprint density at radius 3 is 3.07 bits per heavy atom. The van der Waals surface area contributed by atoms with Gasteiger partial charge in [0.1, 0.15) is 11.0 Å². The maximum atomic E-state index is 5.84. The largest absolute Gasteiger partial charge is 0.378 e. The highest BCUT2D eigenvalue weighted by molar-refractivity contribution is 6.29. The van der Waals surface area contributed by atoms with Crippen molar-refractivity contribution < 1.29 is 4.74 Å². The number of rotatable bonds is 2. The first-order valence-corrected chi connectivity index (χ1v) is 5.23. The summed E-state index contributed by atoms with van der Waals surface area (Å²) in [6.07, 6.45) is 3.31. The van der Waals surface area contributed by atoms with E-state index in [1.807, 2.05) is 6.92 Å². The molecule has 0 bridgehead atoms. The van der Waals surface area contributed by atoms with E-state index in [2.05, 4.69) is 9.97 Å². The molecule has 2 heterocycles. The molecule has 0 amide bonds. The van der Waals surface area contributed by atoms with Crippen molar-refractivity contribution in [3.63, 3.8) is 0 Å². The van der Waals surface area contributed by atoms with Gasteiger partial charge in [-0.3, -0.25) is 0 Å². The van der Waals surface area contributed by atoms with Crippen LogP contribution in [0, 0.1) is 6.92 Å². The van der Waals surface area contributed by atoms with Crippen LogP contribution in [0.4, 0.5) is 0 Å². The van der Waals surface area contributed by atoms with E-state index < -0.39 is 0 Å². The van der Waals surface area contributed by atoms with E-state index in [1.54, 1.807) is 6.07 Å². The molecule has 1 aliphatic rings. The van der Waals surface area contributed by atoms with E-state index in [1.165, 1.54) is 0 Å². The predicted molar refractivity (Wildman–Crippen MR) is 54.5 cm³/mol. The van der Waals surface area contributed by atoms with Crippen LogP contribution in [0.1, 0.15) is 24.4 Å². The van der Waals surface area contributed by atoms with E-state index >= 15 is 0 Å². The molecule has 1 unspecified atom stereocenters. The summed E-state index contributed by atoms with van der Waals surface area (Å²) in [5.74, 6) is 0.793. The minimum Gasteiger partial charge on any atom is -0.378 e. The third-order valence-electron chi connectivity index (χ3n) is 2.30. The van der Waals surface area contributed by atoms with Crippen molar-refractivity contribution >= 4 is 11.6 Å². The molecule has 0 radical (unpaired) electrons. The summed E-state index contributed by atoms with van der Waals surface area (Å²) < 4.78 is 5.51. The molecule has 0 saturated carbocycles. The Kier molecular flexibility index (Phi) is 2.99. The van der Waals surface area contributed by atoms with Crippen molar-refractivity contribution in [2.24, 2.45) is 0 Å². The number of aryl methyl sites for hydroxylation is 1. The van der Waals surface area contributed by atoms with E-state index in [9.17, 15) is 0 Å². The number of nitrogens with zero attached hydrogens (tertiary/aromatic N) is 2. The lowest BCUT2D eigenvalue weighted by Crippen LogP contribution is -2.12. The Hall–Kier alpha value is -0.670. The molecule has 1 aromatic heterocycles. The zero-order valence-electron chi connectivity index (χ0n) is 8.16. The molecule has 1 aromatic rings. The van der Waals surface area contributed by atoms with Crippen LogP contribution in [-0.2, 0) is 11.2 Å². The van der Waals surface area contributed by atoms with Crippen LogP contribution < -0.4 is 0 Å². The summed E-state index contributed by atoms with van der Waals surface area (Å²) >= 11 is 5.84. The lowest BCUT2D eigenvalue weighted by atomic mass is 10.2. The number of ether oxygens (including phenoxy) is 1. The minimum atomic E-state index is 0.285. The van der Waals surface area contributed by atoms with Crippen molar-refractivity contribution in [3.8, 4) is 0 Å². The molecular formula is C10H13ClN2O. The van der Waals surface area contributed by atoms with E-state index in [0.29, 0.717) is 5.15 Å². The number of halogens is 1. The highest BCUT2D eigenvalue weighted by atomic mass is 35.5. The monoisotopic (exact) mass is 212 g/mol. The van der Waals surface area contributed by atoms with Crippen LogP contribution >= 0.6 is 11.6 Å². The minimum absolute atomic E-state index is 0.285. The number of hydrogen-bond acceptors (Lipinski definition) is 3. The van der Waals surface area contributed by atoms with Crippen LogP contribution in [0.3, 0.4) is 0 Å². The van der Waals surface area contributed by atoms with Gasteiger partial charge in [0, 0.05) is 18.7 Å². The lowest BCUT2D eigenvalue weighted by molar-refractivity contribution is 0.110. The molecular weight excluding hydrogens is 200 g/mol. The van der Waals surface area contributed by atoms with Gasteiger partial charge in [-0.2, -0.15) is 0 Å². The molecule has 1 atom stereocenters. The third-order valence-corrected chi connectivity index (χ3v) is 2.50. The van der Waals surface area contributed by atoms with Crippen LogP contribution in [0.2, 0.25) is 5.15 Å². The highest BCUT2D eigenvalue weighted by Gasteiger charge is 2.17. The fourth-order valence-electron chi connectivity index (χ4n) is 1.69. The van der Waals surface area contributed by atoms with Crippen LogP contribution in [0.15, 0.2) is 6.07 Å². The molecule has 0 aromatic carbocycles. The predicted octanol–water partition coefficient (Wildman–Crippen LogP) is 2.16. The van der Waals surface area contributed by atoms with E-state index in [0.717, 1.165) is 37.4 Å². The molecule has 0 N–H and O–H groups in total. The maximum absolute atomic E-state index is 5.84. The summed E-state index contributed by atoms with van der Waals surface area (Å²) in [5.41, 5.74) is 0.915. The smallest absolute Gasteiger partial charge is 0.133 e. The Morgan fingerprint density at radius 2 is 2.43 bits per heavy atom. The van der Waals surface area contributed by atoms with Gasteiger partial charge in [-0.15, -0.1) is 0 Å². The number of aromatic nitrogens is 2. The second-order valence-corrected chi connectivity index (χ2v) is 3.97. The Labute approximate surface area is 88.5 Å². The Balaban J connectivity index is 2.07. The lowest BCUT2D eigenvalue weighted by Gasteiger charge is -2.08. The first-order chi connectivity index (χ1) is 6.74. The molecule has 76 valence electrons. The van der Waals surface area contributed by atoms with Crippen molar-refractivity contribution in [2.45, 2.75) is 32.3 Å². The van der Waals surface area contributed by atoms with Crippen LogP contribution in [0.5, 0.6) is 0 Å². The number of hydrogen-bond donors (Lipinski definition) is 0. The van der Waals surface area contributed by atoms with Gasteiger partial charge < -0.3 is 4.74 Å². The van der Waals surface area contributed by atoms with Crippen LogP contribution in [0.25, 0.3) is 0 Å². The van der Waals surface area contributed by atoms with Crippen molar-refractivity contribution in [1.29, 1.82) is 0 Å². The van der Waals surface area contributed by atoms with E-state index in [4.69, 9.17) is 16.3 Å². The molecule has 3 nitrogen and oxygen atoms in total. The summed E-state index contributed by atoms with van der Waals surface area (Å²) in [7, 11) is 0. The topological polar surface area (TPSA) is 35.0 Å². The van der Waals surface area contributed by atoms with Gasteiger partial charge in [-0.1, -0.05) is 11.6 Å². The molecule has 0 spiro atoms. The SMILES string of the molecule is Cc1cc(Cl)nc(CC2CCCO2)n1. The van der Waals surface area contributed by atoms with Crippen molar-refractivity contribution in [1.82, 2.24) is 9.97 Å². The van der Waals surface area contributed by atoms with Crippen molar-refractivity contribution in [2.75, 3.05) is 6.61 Å². The summed E-state index contributed by atoms with van der Waals surface area (Å²) in [4.78, 5) is 8.49. The van der Waals surface area contributed by atoms with Gasteiger partial charge in [0.2, 0.25) is 0 Å². The molecule has 1 aliphatic heterocycles. The zero-order valence-corrected chi connectivity index (χ0v) is 8.92. The fraction of sp³-hybridized carbons (Fsp3) is 0.600. The third kappa shape index (κ3) is 2.42. The molecule has 14 heavy (non-hydrogen) atoms. The van der Waals surface area contributed by atoms with E-state index in [-0.39, 0.29) is 6.10 Å². The molecule has 4 heteroatoms. The first-order valence-electron chi connectivity index (χ1n) is 4.86. The second kappa shape index (κ2) is 4.24. The van der Waals surface area contributed by atoms with Gasteiger partial charge in [0.15, 0.2) is 0 Å². The van der Waals surface area contributed by atoms with Gasteiger partial charge in [-0.05, 0) is 25.8 Å². The maximum Gasteiger partial charge on any atom is 0.133 e. The van der Waals surface area contributed by atoms with Gasteiger partial charge in [-0.25, -0.2) is 9.97 Å². The average molecular weight is 213 g/mol. The average Bonchev–Trinajstić information content (AvgIpc) is 2.54. The molecule has 1 fully saturated rings. The quantitative estimate of drug-likeness (QED) is 0.705.